The second-order valence-electron chi connectivity index (χ2n) is 9.61. The molecule has 1 aromatic carbocycles. The van der Waals surface area contributed by atoms with Crippen molar-refractivity contribution in [2.75, 3.05) is 19.6 Å². The van der Waals surface area contributed by atoms with Gasteiger partial charge in [0.1, 0.15) is 0 Å². The molecule has 1 atom stereocenters. The first-order valence-electron chi connectivity index (χ1n) is 12.0. The van der Waals surface area contributed by atoms with E-state index in [-0.39, 0.29) is 6.23 Å². The minimum atomic E-state index is -1.74. The number of carbonyl (C=O) groups is 1. The number of hydrogen-bond donors (Lipinski definition) is 1. The van der Waals surface area contributed by atoms with E-state index in [1.807, 2.05) is 33.7 Å². The molecule has 33 heavy (non-hydrogen) atoms. The van der Waals surface area contributed by atoms with Crippen molar-refractivity contribution in [3.05, 3.63) is 80.7 Å². The number of hydrogen-bond acceptors (Lipinski definition) is 5. The van der Waals surface area contributed by atoms with Crippen molar-refractivity contribution in [3.8, 4) is 0 Å². The molecular formula is C27H32NO3S2+. The number of unbranched alkanes of at least 4 members (excludes halogenated alkanes) is 1. The summed E-state index contributed by atoms with van der Waals surface area (Å²) in [5.41, 5.74) is 0.840. The summed E-state index contributed by atoms with van der Waals surface area (Å²) >= 11 is 2.96. The Balaban J connectivity index is 1.30. The molecule has 6 heteroatoms. The second-order valence-corrected chi connectivity index (χ2v) is 11.2. The topological polar surface area (TPSA) is 46.5 Å². The summed E-state index contributed by atoms with van der Waals surface area (Å²) in [4.78, 5) is 13.6. The SMILES string of the molecule is O=C(O[C@@H]1CC2CC[N+]1(CCCCc1ccccc1)CC2)C(O)(c1ccsc1)c1ccsc1. The van der Waals surface area contributed by atoms with Gasteiger partial charge in [0.25, 0.3) is 0 Å². The van der Waals surface area contributed by atoms with E-state index in [9.17, 15) is 9.90 Å². The van der Waals surface area contributed by atoms with E-state index in [0.29, 0.717) is 17.0 Å². The first-order valence-corrected chi connectivity index (χ1v) is 13.9. The average Bonchev–Trinajstić information content (AvgIpc) is 3.58. The normalized spacial score (nSPS) is 24.6. The molecule has 0 amide bonds. The van der Waals surface area contributed by atoms with Crippen LogP contribution in [0.4, 0.5) is 0 Å². The molecule has 0 aliphatic carbocycles. The van der Waals surface area contributed by atoms with E-state index >= 15 is 0 Å². The van der Waals surface area contributed by atoms with Gasteiger partial charge in [0.15, 0.2) is 0 Å². The minimum Gasteiger partial charge on any atom is -0.410 e. The van der Waals surface area contributed by atoms with Crippen LogP contribution < -0.4 is 0 Å². The predicted octanol–water partition coefficient (Wildman–Crippen LogP) is 5.57. The fraction of sp³-hybridized carbons (Fsp3) is 0.444. The molecule has 2 bridgehead atoms. The lowest BCUT2D eigenvalue weighted by molar-refractivity contribution is -0.984. The zero-order valence-corrected chi connectivity index (χ0v) is 20.5. The van der Waals surface area contributed by atoms with Gasteiger partial charge in [0, 0.05) is 30.4 Å². The van der Waals surface area contributed by atoms with E-state index < -0.39 is 11.6 Å². The number of ether oxygens (including phenoxy) is 1. The first-order chi connectivity index (χ1) is 16.1. The van der Waals surface area contributed by atoms with Crippen molar-refractivity contribution in [2.45, 2.75) is 50.4 Å². The van der Waals surface area contributed by atoms with Crippen molar-refractivity contribution >= 4 is 28.6 Å². The number of thiophene rings is 2. The van der Waals surface area contributed by atoms with Crippen LogP contribution in [0.15, 0.2) is 64.0 Å². The van der Waals surface area contributed by atoms with Crippen LogP contribution in [0.5, 0.6) is 0 Å². The number of nitrogens with zero attached hydrogens (tertiary/aromatic N) is 1. The molecule has 0 unspecified atom stereocenters. The van der Waals surface area contributed by atoms with Crippen molar-refractivity contribution in [3.63, 3.8) is 0 Å². The average molecular weight is 483 g/mol. The molecule has 174 valence electrons. The highest BCUT2D eigenvalue weighted by Gasteiger charge is 2.52. The van der Waals surface area contributed by atoms with Gasteiger partial charge in [-0.3, -0.25) is 4.48 Å². The van der Waals surface area contributed by atoms with Crippen LogP contribution in [0.25, 0.3) is 0 Å². The lowest BCUT2D eigenvalue weighted by Gasteiger charge is -2.53. The molecule has 1 N–H and O–H groups in total. The van der Waals surface area contributed by atoms with Crippen LogP contribution in [0.1, 0.15) is 48.8 Å². The Labute approximate surface area is 204 Å². The number of aliphatic hydroxyl groups is 1. The molecule has 2 aromatic heterocycles. The lowest BCUT2D eigenvalue weighted by Crippen LogP contribution is -2.66. The minimum absolute atomic E-state index is 0.162. The van der Waals surface area contributed by atoms with Crippen LogP contribution in [0.3, 0.4) is 0 Å². The Morgan fingerprint density at radius 2 is 1.67 bits per heavy atom. The Bertz CT molecular complexity index is 991. The summed E-state index contributed by atoms with van der Waals surface area (Å²) in [5, 5.41) is 19.1. The van der Waals surface area contributed by atoms with E-state index in [0.717, 1.165) is 49.8 Å². The Morgan fingerprint density at radius 1 is 1.00 bits per heavy atom. The molecule has 0 saturated carbocycles. The van der Waals surface area contributed by atoms with Crippen LogP contribution >= 0.6 is 22.7 Å². The van der Waals surface area contributed by atoms with Crippen LogP contribution in [-0.4, -0.2) is 41.4 Å². The summed E-state index contributed by atoms with van der Waals surface area (Å²) in [6, 6.07) is 14.3. The zero-order chi connectivity index (χ0) is 22.7. The maximum atomic E-state index is 13.6. The van der Waals surface area contributed by atoms with Crippen LogP contribution in [0.2, 0.25) is 0 Å². The van der Waals surface area contributed by atoms with Gasteiger partial charge in [0.2, 0.25) is 11.8 Å². The molecule has 5 heterocycles. The number of quaternary nitrogens is 1. The molecule has 3 aliphatic heterocycles. The maximum Gasteiger partial charge on any atom is 0.352 e. The highest BCUT2D eigenvalue weighted by molar-refractivity contribution is 7.08. The maximum absolute atomic E-state index is 13.6. The van der Waals surface area contributed by atoms with Gasteiger partial charge in [-0.25, -0.2) is 4.79 Å². The van der Waals surface area contributed by atoms with Gasteiger partial charge in [-0.15, -0.1) is 0 Å². The highest BCUT2D eigenvalue weighted by atomic mass is 32.1. The number of piperidine rings is 3. The summed E-state index contributed by atoms with van der Waals surface area (Å²) in [5.74, 6) is 0.0983. The highest BCUT2D eigenvalue weighted by Crippen LogP contribution is 2.41. The smallest absolute Gasteiger partial charge is 0.352 e. The van der Waals surface area contributed by atoms with E-state index in [1.54, 1.807) is 0 Å². The Morgan fingerprint density at radius 3 is 2.27 bits per heavy atom. The fourth-order valence-corrected chi connectivity index (χ4v) is 7.05. The largest absolute Gasteiger partial charge is 0.410 e. The third kappa shape index (κ3) is 4.54. The van der Waals surface area contributed by atoms with Gasteiger partial charge in [-0.2, -0.15) is 22.7 Å². The van der Waals surface area contributed by atoms with Gasteiger partial charge < -0.3 is 9.84 Å². The van der Waals surface area contributed by atoms with E-state index in [1.165, 1.54) is 41.1 Å². The molecule has 3 aliphatic rings. The van der Waals surface area contributed by atoms with E-state index in [2.05, 4.69) is 30.3 Å². The number of fused-ring (bicyclic) bond motifs is 3. The van der Waals surface area contributed by atoms with E-state index in [4.69, 9.17) is 4.74 Å². The summed E-state index contributed by atoms with van der Waals surface area (Å²) in [6.07, 6.45) is 6.52. The first kappa shape index (κ1) is 22.8. The molecule has 3 aromatic rings. The summed E-state index contributed by atoms with van der Waals surface area (Å²) in [7, 11) is 0. The van der Waals surface area contributed by atoms with Crippen LogP contribution in [0, 0.1) is 5.92 Å². The number of aryl methyl sites for hydroxylation is 1. The molecule has 4 nitrogen and oxygen atoms in total. The van der Waals surface area contributed by atoms with Crippen molar-refractivity contribution in [1.82, 2.24) is 0 Å². The molecule has 3 fully saturated rings. The number of esters is 1. The summed E-state index contributed by atoms with van der Waals surface area (Å²) < 4.78 is 7.11. The number of benzene rings is 1. The predicted molar refractivity (Wildman–Crippen MR) is 133 cm³/mol. The lowest BCUT2D eigenvalue weighted by atomic mass is 9.83. The van der Waals surface area contributed by atoms with Gasteiger partial charge in [-0.05, 0) is 64.4 Å². The molecule has 3 saturated heterocycles. The quantitative estimate of drug-likeness (QED) is 0.246. The van der Waals surface area contributed by atoms with Crippen LogP contribution in [-0.2, 0) is 21.6 Å². The standard InChI is InChI=1S/C27H32NO3S2/c29-26(27(30,23-11-16-32-19-23)24-12-17-33-20-24)31-25-18-22-9-14-28(25,15-10-22)13-5-4-8-21-6-2-1-3-7-21/h1-3,6-7,11-12,16-17,19-20,22,25,30H,4-5,8-10,13-15,18H2/q+1/t22?,25-,28?/m1/s1. The Kier molecular flexibility index (Phi) is 6.70. The third-order valence-electron chi connectivity index (χ3n) is 7.69. The van der Waals surface area contributed by atoms with Crippen molar-refractivity contribution in [2.24, 2.45) is 5.92 Å². The number of carbonyl (C=O) groups excluding carboxylic acids is 1. The monoisotopic (exact) mass is 482 g/mol. The van der Waals surface area contributed by atoms with Gasteiger partial charge in [0.05, 0.1) is 19.6 Å². The molecule has 0 spiro atoms. The van der Waals surface area contributed by atoms with Crippen molar-refractivity contribution < 1.29 is 19.1 Å². The van der Waals surface area contributed by atoms with Gasteiger partial charge >= 0.3 is 5.97 Å². The molecule has 0 radical (unpaired) electrons. The summed E-state index contributed by atoms with van der Waals surface area (Å²) in [6.45, 7) is 3.18. The second kappa shape index (κ2) is 9.71. The molecule has 6 rings (SSSR count). The zero-order valence-electron chi connectivity index (χ0n) is 18.9. The fourth-order valence-electron chi connectivity index (χ4n) is 5.65. The number of rotatable bonds is 9. The van der Waals surface area contributed by atoms with Crippen molar-refractivity contribution in [1.29, 1.82) is 0 Å². The van der Waals surface area contributed by atoms with Gasteiger partial charge in [-0.1, -0.05) is 30.3 Å². The Hall–Kier alpha value is -1.99. The third-order valence-corrected chi connectivity index (χ3v) is 9.06. The molecular weight excluding hydrogens is 450 g/mol.